The lowest BCUT2D eigenvalue weighted by molar-refractivity contribution is 0.262. The summed E-state index contributed by atoms with van der Waals surface area (Å²) in [7, 11) is 0. The minimum Gasteiger partial charge on any atom is -0.493 e. The van der Waals surface area contributed by atoms with Gasteiger partial charge in [-0.15, -0.1) is 24.0 Å². The molecule has 20 heavy (non-hydrogen) atoms. The average molecular weight is 387 g/mol. The molecule has 4 nitrogen and oxygen atoms in total. The van der Waals surface area contributed by atoms with E-state index in [0.29, 0.717) is 5.96 Å². The minimum atomic E-state index is 0. The van der Waals surface area contributed by atoms with Gasteiger partial charge in [-0.05, 0) is 24.3 Å². The Kier molecular flexibility index (Phi) is 5.12. The molecule has 0 bridgehead atoms. The fourth-order valence-electron chi connectivity index (χ4n) is 2.59. The van der Waals surface area contributed by atoms with E-state index in [1.807, 2.05) is 18.2 Å². The summed E-state index contributed by atoms with van der Waals surface area (Å²) in [6, 6.07) is 8.32. The van der Waals surface area contributed by atoms with Crippen LogP contribution in [0, 0.1) is 11.8 Å². The number of fused-ring (bicyclic) bond motifs is 1. The number of hydrogen-bond acceptors (Lipinski definition) is 2. The summed E-state index contributed by atoms with van der Waals surface area (Å²) < 4.78 is 5.64. The van der Waals surface area contributed by atoms with Crippen molar-refractivity contribution in [3.8, 4) is 5.75 Å². The Hall–Kier alpha value is -0.980. The molecule has 1 fully saturated rings. The van der Waals surface area contributed by atoms with Crippen molar-refractivity contribution in [1.29, 1.82) is 0 Å². The van der Waals surface area contributed by atoms with Crippen LogP contribution in [0.25, 0.3) is 0 Å². The summed E-state index contributed by atoms with van der Waals surface area (Å²) >= 11 is 0. The van der Waals surface area contributed by atoms with E-state index in [9.17, 15) is 0 Å². The van der Waals surface area contributed by atoms with E-state index in [1.54, 1.807) is 0 Å². The van der Waals surface area contributed by atoms with Crippen LogP contribution < -0.4 is 15.8 Å². The lowest BCUT2D eigenvalue weighted by Gasteiger charge is -2.26. The molecular weight excluding hydrogens is 365 g/mol. The van der Waals surface area contributed by atoms with Crippen LogP contribution in [0.3, 0.4) is 0 Å². The first kappa shape index (κ1) is 15.4. The monoisotopic (exact) mass is 387 g/mol. The maximum Gasteiger partial charge on any atom is 0.189 e. The van der Waals surface area contributed by atoms with Crippen LogP contribution in [-0.2, 0) is 0 Å². The summed E-state index contributed by atoms with van der Waals surface area (Å²) in [6.45, 7) is 3.84. The Labute approximate surface area is 137 Å². The smallest absolute Gasteiger partial charge is 0.189 e. The highest BCUT2D eigenvalue weighted by molar-refractivity contribution is 14.0. The molecule has 1 aliphatic carbocycles. The zero-order valence-electron chi connectivity index (χ0n) is 11.7. The Bertz CT molecular complexity index is 492. The van der Waals surface area contributed by atoms with Gasteiger partial charge < -0.3 is 15.8 Å². The molecule has 3 unspecified atom stereocenters. The molecule has 0 saturated heterocycles. The second kappa shape index (κ2) is 6.65. The Morgan fingerprint density at radius 3 is 2.95 bits per heavy atom. The Morgan fingerprint density at radius 1 is 1.45 bits per heavy atom. The lowest BCUT2D eigenvalue weighted by atomic mass is 10.0. The van der Waals surface area contributed by atoms with E-state index < -0.39 is 0 Å². The van der Waals surface area contributed by atoms with Crippen molar-refractivity contribution >= 4 is 29.9 Å². The molecule has 1 saturated carbocycles. The zero-order chi connectivity index (χ0) is 13.2. The van der Waals surface area contributed by atoms with Gasteiger partial charge in [-0.3, -0.25) is 4.99 Å². The molecule has 0 amide bonds. The third-order valence-corrected chi connectivity index (χ3v) is 4.05. The molecule has 1 aromatic carbocycles. The lowest BCUT2D eigenvalue weighted by Crippen LogP contribution is -2.37. The number of guanidine groups is 1. The standard InChI is InChI=1S/C15H21N3O.HI/c1-10-8-11(10)9-17-15(16)18-13-6-7-19-14-5-3-2-4-12(13)14;/h2-5,10-11,13H,6-9H2,1H3,(H3,16,17,18);1H. The SMILES string of the molecule is CC1CC1CN=C(N)NC1CCOc2ccccc21.I. The minimum absolute atomic E-state index is 0. The van der Waals surface area contributed by atoms with Crippen molar-refractivity contribution in [2.75, 3.05) is 13.2 Å². The van der Waals surface area contributed by atoms with Crippen LogP contribution in [-0.4, -0.2) is 19.1 Å². The molecule has 1 aromatic rings. The maximum absolute atomic E-state index is 5.98. The molecule has 3 atom stereocenters. The van der Waals surface area contributed by atoms with Gasteiger partial charge in [0, 0.05) is 18.5 Å². The number of ether oxygens (including phenoxy) is 1. The third kappa shape index (κ3) is 3.56. The number of rotatable bonds is 3. The number of nitrogens with one attached hydrogen (secondary N) is 1. The van der Waals surface area contributed by atoms with Gasteiger partial charge in [0.05, 0.1) is 12.6 Å². The van der Waals surface area contributed by atoms with Crippen molar-refractivity contribution in [2.45, 2.75) is 25.8 Å². The van der Waals surface area contributed by atoms with E-state index in [4.69, 9.17) is 10.5 Å². The number of halogens is 1. The maximum atomic E-state index is 5.98. The van der Waals surface area contributed by atoms with Crippen LogP contribution in [0.2, 0.25) is 0 Å². The summed E-state index contributed by atoms with van der Waals surface area (Å²) in [5, 5.41) is 3.32. The Balaban J connectivity index is 0.00000147. The summed E-state index contributed by atoms with van der Waals surface area (Å²) in [4.78, 5) is 4.45. The number of nitrogens with two attached hydrogens (primary N) is 1. The van der Waals surface area contributed by atoms with E-state index in [-0.39, 0.29) is 30.0 Å². The molecule has 2 aliphatic rings. The molecule has 0 spiro atoms. The van der Waals surface area contributed by atoms with Crippen LogP contribution >= 0.6 is 24.0 Å². The quantitative estimate of drug-likeness (QED) is 0.476. The highest BCUT2D eigenvalue weighted by Gasteiger charge is 2.32. The van der Waals surface area contributed by atoms with Crippen LogP contribution in [0.15, 0.2) is 29.3 Å². The highest BCUT2D eigenvalue weighted by atomic mass is 127. The third-order valence-electron chi connectivity index (χ3n) is 4.05. The van der Waals surface area contributed by atoms with Crippen molar-refractivity contribution < 1.29 is 4.74 Å². The molecule has 3 N–H and O–H groups in total. The molecule has 1 heterocycles. The average Bonchev–Trinajstić information content (AvgIpc) is 3.13. The molecular formula is C15H22IN3O. The van der Waals surface area contributed by atoms with Crippen molar-refractivity contribution in [3.63, 3.8) is 0 Å². The van der Waals surface area contributed by atoms with Crippen molar-refractivity contribution in [2.24, 2.45) is 22.6 Å². The van der Waals surface area contributed by atoms with Crippen LogP contribution in [0.5, 0.6) is 5.75 Å². The van der Waals surface area contributed by atoms with E-state index in [2.05, 4.69) is 23.3 Å². The summed E-state index contributed by atoms with van der Waals surface area (Å²) in [6.07, 6.45) is 2.21. The van der Waals surface area contributed by atoms with Gasteiger partial charge in [-0.2, -0.15) is 0 Å². The fourth-order valence-corrected chi connectivity index (χ4v) is 2.59. The fraction of sp³-hybridized carbons (Fsp3) is 0.533. The van der Waals surface area contributed by atoms with Crippen LogP contribution in [0.4, 0.5) is 0 Å². The van der Waals surface area contributed by atoms with E-state index >= 15 is 0 Å². The second-order valence-corrected chi connectivity index (χ2v) is 5.57. The highest BCUT2D eigenvalue weighted by Crippen LogP contribution is 2.37. The number of hydrogen-bond donors (Lipinski definition) is 2. The molecule has 3 rings (SSSR count). The summed E-state index contributed by atoms with van der Waals surface area (Å²) in [5.41, 5.74) is 7.15. The predicted octanol–water partition coefficient (Wildman–Crippen LogP) is 2.69. The van der Waals surface area contributed by atoms with Crippen molar-refractivity contribution in [3.05, 3.63) is 29.8 Å². The number of benzene rings is 1. The molecule has 0 radical (unpaired) electrons. The largest absolute Gasteiger partial charge is 0.493 e. The Morgan fingerprint density at radius 2 is 2.20 bits per heavy atom. The summed E-state index contributed by atoms with van der Waals surface area (Å²) in [5.74, 6) is 3.07. The first-order valence-corrected chi connectivity index (χ1v) is 7.02. The van der Waals surface area contributed by atoms with Gasteiger partial charge >= 0.3 is 0 Å². The van der Waals surface area contributed by atoms with E-state index in [1.165, 1.54) is 12.0 Å². The molecule has 1 aliphatic heterocycles. The topological polar surface area (TPSA) is 59.6 Å². The van der Waals surface area contributed by atoms with Gasteiger partial charge in [-0.25, -0.2) is 0 Å². The van der Waals surface area contributed by atoms with Gasteiger partial charge in [0.15, 0.2) is 5.96 Å². The molecule has 5 heteroatoms. The van der Waals surface area contributed by atoms with Gasteiger partial charge in [0.2, 0.25) is 0 Å². The molecule has 0 aromatic heterocycles. The van der Waals surface area contributed by atoms with Crippen LogP contribution in [0.1, 0.15) is 31.4 Å². The van der Waals surface area contributed by atoms with E-state index in [0.717, 1.165) is 37.2 Å². The predicted molar refractivity (Wildman–Crippen MR) is 91.6 cm³/mol. The van der Waals surface area contributed by atoms with Gasteiger partial charge in [-0.1, -0.05) is 25.1 Å². The molecule has 110 valence electrons. The number of nitrogens with zero attached hydrogens (tertiary/aromatic N) is 1. The number of aliphatic imine (C=N–C) groups is 1. The number of para-hydroxylation sites is 1. The van der Waals surface area contributed by atoms with Gasteiger partial charge in [0.1, 0.15) is 5.75 Å². The van der Waals surface area contributed by atoms with Crippen molar-refractivity contribution in [1.82, 2.24) is 5.32 Å². The first-order chi connectivity index (χ1) is 9.24. The zero-order valence-corrected chi connectivity index (χ0v) is 14.0. The van der Waals surface area contributed by atoms with Gasteiger partial charge in [0.25, 0.3) is 0 Å². The first-order valence-electron chi connectivity index (χ1n) is 7.02. The normalized spacial score (nSPS) is 27.9. The second-order valence-electron chi connectivity index (χ2n) is 5.57.